The molecular formula is C22H23FN4O3. The first-order chi connectivity index (χ1) is 14.4. The smallest absolute Gasteiger partial charge is 0.251 e. The third kappa shape index (κ3) is 4.64. The molecule has 0 aromatic heterocycles. The quantitative estimate of drug-likeness (QED) is 0.749. The Hall–Kier alpha value is -3.28. The van der Waals surface area contributed by atoms with Crippen LogP contribution in [-0.4, -0.2) is 48.6 Å². The average Bonchev–Trinajstić information content (AvgIpc) is 2.99. The summed E-state index contributed by atoms with van der Waals surface area (Å²) in [5.41, 5.74) is 11.8. The summed E-state index contributed by atoms with van der Waals surface area (Å²) in [6, 6.07) is 13.5. The van der Waals surface area contributed by atoms with Crippen LogP contribution in [0.2, 0.25) is 0 Å². The highest BCUT2D eigenvalue weighted by molar-refractivity contribution is 5.96. The monoisotopic (exact) mass is 410 g/mol. The second-order valence-corrected chi connectivity index (χ2v) is 7.15. The number of hydrogen-bond acceptors (Lipinski definition) is 5. The third-order valence-electron chi connectivity index (χ3n) is 5.19. The van der Waals surface area contributed by atoms with E-state index in [1.807, 2.05) is 6.07 Å². The summed E-state index contributed by atoms with van der Waals surface area (Å²) in [6.45, 7) is 1.03. The van der Waals surface area contributed by atoms with Crippen molar-refractivity contribution in [3.8, 4) is 17.2 Å². The topological polar surface area (TPSA) is 122 Å². The lowest BCUT2D eigenvalue weighted by atomic mass is 9.93. The SMILES string of the molecule is N#C[C@H](Cc1ccc(-c2ccccc2)c(F)c1C(N)=O)N1CCCO[C@H](C(N)=O)C1. The molecule has 2 atom stereocenters. The molecule has 2 aromatic carbocycles. The third-order valence-corrected chi connectivity index (χ3v) is 5.19. The number of primary amides is 2. The van der Waals surface area contributed by atoms with Gasteiger partial charge in [0.2, 0.25) is 5.91 Å². The van der Waals surface area contributed by atoms with E-state index in [9.17, 15) is 14.9 Å². The normalized spacial score (nSPS) is 18.2. The number of ether oxygens (including phenoxy) is 1. The molecule has 30 heavy (non-hydrogen) atoms. The van der Waals surface area contributed by atoms with Crippen LogP contribution in [0.1, 0.15) is 22.3 Å². The number of carbonyl (C=O) groups is 2. The first-order valence-electron chi connectivity index (χ1n) is 9.63. The Morgan fingerprint density at radius 1 is 1.23 bits per heavy atom. The van der Waals surface area contributed by atoms with Crippen molar-refractivity contribution in [3.05, 3.63) is 59.4 Å². The second kappa shape index (κ2) is 9.48. The number of hydrogen-bond donors (Lipinski definition) is 2. The van der Waals surface area contributed by atoms with Crippen molar-refractivity contribution in [2.45, 2.75) is 25.0 Å². The zero-order chi connectivity index (χ0) is 21.7. The first kappa shape index (κ1) is 21.4. The molecule has 8 heteroatoms. The maximum atomic E-state index is 15.2. The fourth-order valence-electron chi connectivity index (χ4n) is 3.66. The predicted octanol–water partition coefficient (Wildman–Crippen LogP) is 1.60. The Balaban J connectivity index is 1.92. The number of nitrogens with zero attached hydrogens (tertiary/aromatic N) is 2. The molecule has 3 rings (SSSR count). The summed E-state index contributed by atoms with van der Waals surface area (Å²) in [5.74, 6) is -2.21. The van der Waals surface area contributed by atoms with E-state index in [-0.39, 0.29) is 24.1 Å². The molecule has 156 valence electrons. The molecule has 0 spiro atoms. The zero-order valence-corrected chi connectivity index (χ0v) is 16.4. The number of amides is 2. The molecule has 2 aromatic rings. The molecule has 1 aliphatic rings. The largest absolute Gasteiger partial charge is 0.367 e. The molecule has 0 aliphatic carbocycles. The maximum absolute atomic E-state index is 15.2. The van der Waals surface area contributed by atoms with Crippen LogP contribution >= 0.6 is 0 Å². The van der Waals surface area contributed by atoms with Crippen LogP contribution in [0.5, 0.6) is 0 Å². The molecule has 7 nitrogen and oxygen atoms in total. The van der Waals surface area contributed by atoms with Crippen molar-refractivity contribution < 1.29 is 18.7 Å². The summed E-state index contributed by atoms with van der Waals surface area (Å²) in [7, 11) is 0. The van der Waals surface area contributed by atoms with Crippen LogP contribution in [0.3, 0.4) is 0 Å². The number of benzene rings is 2. The van der Waals surface area contributed by atoms with Gasteiger partial charge < -0.3 is 16.2 Å². The minimum absolute atomic E-state index is 0.0756. The van der Waals surface area contributed by atoms with Crippen LogP contribution in [0.15, 0.2) is 42.5 Å². The molecule has 0 unspecified atom stereocenters. The predicted molar refractivity (Wildman–Crippen MR) is 109 cm³/mol. The van der Waals surface area contributed by atoms with Gasteiger partial charge in [-0.2, -0.15) is 5.26 Å². The van der Waals surface area contributed by atoms with E-state index < -0.39 is 29.8 Å². The van der Waals surface area contributed by atoms with Gasteiger partial charge in [0.05, 0.1) is 11.6 Å². The van der Waals surface area contributed by atoms with E-state index in [2.05, 4.69) is 6.07 Å². The van der Waals surface area contributed by atoms with Gasteiger partial charge in [-0.3, -0.25) is 14.5 Å². The summed E-state index contributed by atoms with van der Waals surface area (Å²) in [5, 5.41) is 9.73. The standard InChI is InChI=1S/C22H23FN4O3/c23-20-17(14-5-2-1-3-6-14)8-7-15(19(20)22(26)29)11-16(12-24)27-9-4-10-30-18(13-27)21(25)28/h1-3,5-8,16,18H,4,9-11,13H2,(H2,25,28)(H2,26,29)/t16-,18-/m0/s1. The summed E-state index contributed by atoms with van der Waals surface area (Å²) in [6.07, 6.45) is -0.130. The minimum Gasteiger partial charge on any atom is -0.367 e. The molecular weight excluding hydrogens is 387 g/mol. The van der Waals surface area contributed by atoms with Crippen molar-refractivity contribution in [2.75, 3.05) is 19.7 Å². The van der Waals surface area contributed by atoms with E-state index in [1.54, 1.807) is 41.3 Å². The Morgan fingerprint density at radius 3 is 2.60 bits per heavy atom. The highest BCUT2D eigenvalue weighted by atomic mass is 19.1. The summed E-state index contributed by atoms with van der Waals surface area (Å²) in [4.78, 5) is 25.4. The van der Waals surface area contributed by atoms with E-state index in [1.165, 1.54) is 0 Å². The van der Waals surface area contributed by atoms with Crippen molar-refractivity contribution in [2.24, 2.45) is 11.5 Å². The number of nitriles is 1. The van der Waals surface area contributed by atoms with E-state index in [4.69, 9.17) is 16.2 Å². The maximum Gasteiger partial charge on any atom is 0.251 e. The van der Waals surface area contributed by atoms with Crippen molar-refractivity contribution in [1.82, 2.24) is 4.90 Å². The van der Waals surface area contributed by atoms with E-state index in [0.717, 1.165) is 0 Å². The number of nitrogens with two attached hydrogens (primary N) is 2. The van der Waals surface area contributed by atoms with Gasteiger partial charge in [-0.25, -0.2) is 4.39 Å². The van der Waals surface area contributed by atoms with Gasteiger partial charge in [-0.15, -0.1) is 0 Å². The van der Waals surface area contributed by atoms with Crippen LogP contribution in [0.4, 0.5) is 4.39 Å². The summed E-state index contributed by atoms with van der Waals surface area (Å²) >= 11 is 0. The summed E-state index contributed by atoms with van der Waals surface area (Å²) < 4.78 is 20.6. The molecule has 0 bridgehead atoms. The lowest BCUT2D eigenvalue weighted by Gasteiger charge is -2.27. The van der Waals surface area contributed by atoms with E-state index in [0.29, 0.717) is 30.7 Å². The molecule has 1 aliphatic heterocycles. The van der Waals surface area contributed by atoms with Crippen molar-refractivity contribution >= 4 is 11.8 Å². The van der Waals surface area contributed by atoms with Gasteiger partial charge in [0.15, 0.2) is 0 Å². The highest BCUT2D eigenvalue weighted by Gasteiger charge is 2.29. The minimum atomic E-state index is -0.897. The Kier molecular flexibility index (Phi) is 6.77. The van der Waals surface area contributed by atoms with Gasteiger partial charge in [-0.1, -0.05) is 42.5 Å². The van der Waals surface area contributed by atoms with Crippen LogP contribution in [-0.2, 0) is 16.0 Å². The molecule has 1 fully saturated rings. The van der Waals surface area contributed by atoms with Crippen molar-refractivity contribution in [1.29, 1.82) is 5.26 Å². The Labute approximate surface area is 174 Å². The van der Waals surface area contributed by atoms with Gasteiger partial charge in [0, 0.05) is 31.7 Å². The fourth-order valence-corrected chi connectivity index (χ4v) is 3.66. The van der Waals surface area contributed by atoms with Crippen LogP contribution in [0.25, 0.3) is 11.1 Å². The lowest BCUT2D eigenvalue weighted by Crippen LogP contribution is -2.45. The van der Waals surface area contributed by atoms with Gasteiger partial charge in [0.1, 0.15) is 18.0 Å². The molecule has 0 saturated carbocycles. The number of halogens is 1. The van der Waals surface area contributed by atoms with Gasteiger partial charge in [0.25, 0.3) is 5.91 Å². The molecule has 4 N–H and O–H groups in total. The van der Waals surface area contributed by atoms with Gasteiger partial charge in [-0.05, 0) is 17.5 Å². The van der Waals surface area contributed by atoms with Crippen LogP contribution < -0.4 is 11.5 Å². The fraction of sp³-hybridized carbons (Fsp3) is 0.318. The lowest BCUT2D eigenvalue weighted by molar-refractivity contribution is -0.129. The van der Waals surface area contributed by atoms with Crippen LogP contribution in [0, 0.1) is 17.1 Å². The molecule has 2 amide bonds. The Bertz CT molecular complexity index is 974. The van der Waals surface area contributed by atoms with Crippen molar-refractivity contribution in [3.63, 3.8) is 0 Å². The molecule has 1 heterocycles. The van der Waals surface area contributed by atoms with E-state index >= 15 is 4.39 Å². The first-order valence-corrected chi connectivity index (χ1v) is 9.63. The molecule has 1 saturated heterocycles. The molecule has 0 radical (unpaired) electrons. The number of carbonyl (C=O) groups excluding carboxylic acids is 2. The second-order valence-electron chi connectivity index (χ2n) is 7.15. The zero-order valence-electron chi connectivity index (χ0n) is 16.4. The average molecular weight is 410 g/mol. The number of rotatable bonds is 6. The van der Waals surface area contributed by atoms with Gasteiger partial charge >= 0.3 is 0 Å². The Morgan fingerprint density at radius 2 is 1.97 bits per heavy atom. The highest BCUT2D eigenvalue weighted by Crippen LogP contribution is 2.28.